The Bertz CT molecular complexity index is 840. The topological polar surface area (TPSA) is 58.6 Å². The summed E-state index contributed by atoms with van der Waals surface area (Å²) in [6, 6.07) is 12.2. The molecular formula is C20H20Cl2N2O3. The fourth-order valence-corrected chi connectivity index (χ4v) is 3.19. The molecule has 1 heterocycles. The first-order valence-corrected chi connectivity index (χ1v) is 9.52. The molecule has 0 saturated carbocycles. The average Bonchev–Trinajstić information content (AvgIpc) is 3.05. The molecule has 0 spiro atoms. The van der Waals surface area contributed by atoms with Crippen molar-refractivity contribution < 1.29 is 14.3 Å². The molecule has 27 heavy (non-hydrogen) atoms. The highest BCUT2D eigenvalue weighted by Crippen LogP contribution is 2.29. The molecular weight excluding hydrogens is 387 g/mol. The Morgan fingerprint density at radius 1 is 1.19 bits per heavy atom. The lowest BCUT2D eigenvalue weighted by Crippen LogP contribution is -2.28. The van der Waals surface area contributed by atoms with Gasteiger partial charge in [-0.2, -0.15) is 0 Å². The minimum absolute atomic E-state index is 0.0773. The Kier molecular flexibility index (Phi) is 6.24. The monoisotopic (exact) mass is 406 g/mol. The van der Waals surface area contributed by atoms with Crippen LogP contribution >= 0.6 is 23.2 Å². The molecule has 2 aromatic rings. The van der Waals surface area contributed by atoms with Crippen molar-refractivity contribution in [1.29, 1.82) is 0 Å². The van der Waals surface area contributed by atoms with E-state index >= 15 is 0 Å². The van der Waals surface area contributed by atoms with Gasteiger partial charge in [0.25, 0.3) is 0 Å². The van der Waals surface area contributed by atoms with E-state index in [1.165, 1.54) is 0 Å². The number of carbonyl (C=O) groups excluding carboxylic acids is 2. The number of amides is 2. The highest BCUT2D eigenvalue weighted by molar-refractivity contribution is 6.42. The van der Waals surface area contributed by atoms with Crippen molar-refractivity contribution in [2.24, 2.45) is 5.92 Å². The Hall–Kier alpha value is -2.24. The maximum absolute atomic E-state index is 12.5. The summed E-state index contributed by atoms with van der Waals surface area (Å²) in [7, 11) is 0. The fourth-order valence-electron chi connectivity index (χ4n) is 2.89. The van der Waals surface area contributed by atoms with Gasteiger partial charge in [-0.1, -0.05) is 30.1 Å². The van der Waals surface area contributed by atoms with Crippen LogP contribution in [-0.2, 0) is 9.59 Å². The molecule has 5 nitrogen and oxygen atoms in total. The van der Waals surface area contributed by atoms with E-state index in [0.29, 0.717) is 28.9 Å². The molecule has 0 radical (unpaired) electrons. The van der Waals surface area contributed by atoms with Gasteiger partial charge in [0.05, 0.1) is 22.6 Å². The summed E-state index contributed by atoms with van der Waals surface area (Å²) in [6.07, 6.45) is 1.10. The Morgan fingerprint density at radius 3 is 2.59 bits per heavy atom. The first-order valence-electron chi connectivity index (χ1n) is 8.77. The molecule has 1 atom stereocenters. The Balaban J connectivity index is 1.64. The van der Waals surface area contributed by atoms with E-state index < -0.39 is 5.92 Å². The summed E-state index contributed by atoms with van der Waals surface area (Å²) in [5, 5.41) is 3.58. The van der Waals surface area contributed by atoms with E-state index in [0.717, 1.165) is 17.9 Å². The number of hydrogen-bond acceptors (Lipinski definition) is 3. The van der Waals surface area contributed by atoms with Gasteiger partial charge in [0.1, 0.15) is 5.75 Å². The third-order valence-electron chi connectivity index (χ3n) is 4.30. The summed E-state index contributed by atoms with van der Waals surface area (Å²) in [6.45, 7) is 3.03. The molecule has 1 saturated heterocycles. The number of hydrogen-bond donors (Lipinski definition) is 1. The minimum Gasteiger partial charge on any atom is -0.494 e. The molecule has 0 bridgehead atoms. The van der Waals surface area contributed by atoms with Gasteiger partial charge in [0.15, 0.2) is 0 Å². The van der Waals surface area contributed by atoms with Crippen LogP contribution in [0.2, 0.25) is 10.0 Å². The molecule has 1 fully saturated rings. The first kappa shape index (κ1) is 19.5. The van der Waals surface area contributed by atoms with E-state index in [2.05, 4.69) is 5.32 Å². The number of halogens is 2. The van der Waals surface area contributed by atoms with Crippen LogP contribution in [0.15, 0.2) is 42.5 Å². The van der Waals surface area contributed by atoms with Crippen LogP contribution in [-0.4, -0.2) is 25.0 Å². The van der Waals surface area contributed by atoms with Gasteiger partial charge >= 0.3 is 0 Å². The minimum atomic E-state index is -0.428. The third-order valence-corrected chi connectivity index (χ3v) is 5.04. The predicted octanol–water partition coefficient (Wildman–Crippen LogP) is 4.77. The Morgan fingerprint density at radius 2 is 1.93 bits per heavy atom. The number of nitrogens with one attached hydrogen (secondary N) is 1. The molecule has 0 aliphatic carbocycles. The summed E-state index contributed by atoms with van der Waals surface area (Å²) in [5.41, 5.74) is 1.31. The molecule has 2 amide bonds. The van der Waals surface area contributed by atoms with Crippen molar-refractivity contribution in [3.05, 3.63) is 52.5 Å². The van der Waals surface area contributed by atoms with E-state index in [-0.39, 0.29) is 18.2 Å². The number of anilines is 2. The highest BCUT2D eigenvalue weighted by Gasteiger charge is 2.35. The van der Waals surface area contributed by atoms with Crippen LogP contribution in [0.1, 0.15) is 19.8 Å². The smallest absolute Gasteiger partial charge is 0.229 e. The van der Waals surface area contributed by atoms with Gasteiger partial charge in [0.2, 0.25) is 11.8 Å². The second-order valence-electron chi connectivity index (χ2n) is 6.37. The summed E-state index contributed by atoms with van der Waals surface area (Å²) < 4.78 is 5.56. The van der Waals surface area contributed by atoms with E-state index in [9.17, 15) is 9.59 Å². The molecule has 1 aliphatic heterocycles. The lowest BCUT2D eigenvalue weighted by Gasteiger charge is -2.17. The van der Waals surface area contributed by atoms with Crippen LogP contribution in [0.5, 0.6) is 5.75 Å². The fraction of sp³-hybridized carbons (Fsp3) is 0.300. The highest BCUT2D eigenvalue weighted by atomic mass is 35.5. The SMILES string of the molecule is CCCOc1ccc(N2C[C@@H](C(=O)Nc3ccc(Cl)c(Cl)c3)CC2=O)cc1. The molecule has 3 rings (SSSR count). The van der Waals surface area contributed by atoms with Crippen molar-refractivity contribution in [3.8, 4) is 5.75 Å². The van der Waals surface area contributed by atoms with Crippen molar-refractivity contribution in [2.45, 2.75) is 19.8 Å². The van der Waals surface area contributed by atoms with Gasteiger partial charge in [-0.05, 0) is 48.9 Å². The zero-order valence-electron chi connectivity index (χ0n) is 14.9. The lowest BCUT2D eigenvalue weighted by atomic mass is 10.1. The van der Waals surface area contributed by atoms with Gasteiger partial charge < -0.3 is 15.0 Å². The lowest BCUT2D eigenvalue weighted by molar-refractivity contribution is -0.122. The number of nitrogens with zero attached hydrogens (tertiary/aromatic N) is 1. The zero-order chi connectivity index (χ0) is 19.4. The molecule has 1 aliphatic rings. The first-order chi connectivity index (χ1) is 13.0. The molecule has 2 aromatic carbocycles. The molecule has 1 N–H and O–H groups in total. The van der Waals surface area contributed by atoms with Gasteiger partial charge in [-0.15, -0.1) is 0 Å². The van der Waals surface area contributed by atoms with Crippen molar-refractivity contribution >= 4 is 46.4 Å². The standard InChI is InChI=1S/C20H20Cl2N2O3/c1-2-9-27-16-6-4-15(5-7-16)24-12-13(10-19(24)25)20(26)23-14-3-8-17(21)18(22)11-14/h3-8,11,13H,2,9-10,12H2,1H3,(H,23,26)/t13-/m0/s1. The number of ether oxygens (including phenoxy) is 1. The maximum atomic E-state index is 12.5. The summed E-state index contributed by atoms with van der Waals surface area (Å²) in [4.78, 5) is 26.5. The number of carbonyl (C=O) groups is 2. The summed E-state index contributed by atoms with van der Waals surface area (Å²) >= 11 is 11.9. The van der Waals surface area contributed by atoms with E-state index in [1.807, 2.05) is 31.2 Å². The normalized spacial score (nSPS) is 16.5. The molecule has 142 valence electrons. The van der Waals surface area contributed by atoms with Gasteiger partial charge in [-0.25, -0.2) is 0 Å². The van der Waals surface area contributed by atoms with Crippen LogP contribution in [0, 0.1) is 5.92 Å². The number of benzene rings is 2. The molecule has 0 aromatic heterocycles. The summed E-state index contributed by atoms with van der Waals surface area (Å²) in [5.74, 6) is 0.0442. The molecule has 0 unspecified atom stereocenters. The largest absolute Gasteiger partial charge is 0.494 e. The zero-order valence-corrected chi connectivity index (χ0v) is 16.4. The quantitative estimate of drug-likeness (QED) is 0.750. The van der Waals surface area contributed by atoms with Crippen molar-refractivity contribution in [3.63, 3.8) is 0 Å². The van der Waals surface area contributed by atoms with Crippen LogP contribution < -0.4 is 15.0 Å². The third kappa shape index (κ3) is 4.73. The van der Waals surface area contributed by atoms with Crippen LogP contribution in [0.3, 0.4) is 0 Å². The van der Waals surface area contributed by atoms with Gasteiger partial charge in [0, 0.05) is 24.3 Å². The van der Waals surface area contributed by atoms with E-state index in [4.69, 9.17) is 27.9 Å². The van der Waals surface area contributed by atoms with Gasteiger partial charge in [-0.3, -0.25) is 9.59 Å². The molecule has 7 heteroatoms. The predicted molar refractivity (Wildman–Crippen MR) is 108 cm³/mol. The maximum Gasteiger partial charge on any atom is 0.229 e. The second kappa shape index (κ2) is 8.63. The second-order valence-corrected chi connectivity index (χ2v) is 7.18. The Labute approximate surface area is 168 Å². The van der Waals surface area contributed by atoms with Crippen LogP contribution in [0.25, 0.3) is 0 Å². The van der Waals surface area contributed by atoms with Crippen molar-refractivity contribution in [1.82, 2.24) is 0 Å². The van der Waals surface area contributed by atoms with Crippen molar-refractivity contribution in [2.75, 3.05) is 23.4 Å². The van der Waals surface area contributed by atoms with E-state index in [1.54, 1.807) is 23.1 Å². The van der Waals surface area contributed by atoms with Crippen LogP contribution in [0.4, 0.5) is 11.4 Å². The average molecular weight is 407 g/mol. The number of rotatable bonds is 6.